The van der Waals surface area contributed by atoms with Gasteiger partial charge in [0.15, 0.2) is 0 Å². The van der Waals surface area contributed by atoms with E-state index < -0.39 is 5.54 Å². The number of hydrogen-bond acceptors (Lipinski definition) is 4. The van der Waals surface area contributed by atoms with Gasteiger partial charge >= 0.3 is 6.03 Å². The normalized spacial score (nSPS) is 22.2. The Hall–Kier alpha value is -3.38. The maximum Gasteiger partial charge on any atom is 0.326 e. The molecule has 0 unspecified atom stereocenters. The van der Waals surface area contributed by atoms with E-state index in [2.05, 4.69) is 27.2 Å². The Morgan fingerprint density at radius 1 is 0.839 bits per heavy atom. The van der Waals surface area contributed by atoms with Gasteiger partial charge in [0.2, 0.25) is 0 Å². The monoisotopic (exact) mass is 414 g/mol. The summed E-state index contributed by atoms with van der Waals surface area (Å²) in [7, 11) is 0. The largest absolute Gasteiger partial charge is 0.369 e. The van der Waals surface area contributed by atoms with Gasteiger partial charge in [0, 0.05) is 31.9 Å². The number of carbonyl (C=O) groups excluding carboxylic acids is 2. The number of urea groups is 1. The van der Waals surface area contributed by atoms with Crippen LogP contribution in [0.5, 0.6) is 0 Å². The zero-order valence-electron chi connectivity index (χ0n) is 17.6. The van der Waals surface area contributed by atoms with Gasteiger partial charge in [-0.05, 0) is 41.5 Å². The highest BCUT2D eigenvalue weighted by Crippen LogP contribution is 2.31. The first kappa shape index (κ1) is 19.6. The highest BCUT2D eigenvalue weighted by Gasteiger charge is 2.49. The highest BCUT2D eigenvalue weighted by atomic mass is 16.2. The second-order valence-corrected chi connectivity index (χ2v) is 8.43. The Kier molecular flexibility index (Phi) is 4.87. The lowest BCUT2D eigenvalue weighted by Gasteiger charge is -2.37. The van der Waals surface area contributed by atoms with Gasteiger partial charge in [-0.3, -0.25) is 9.69 Å². The first-order valence-corrected chi connectivity index (χ1v) is 10.7. The molecule has 6 heteroatoms. The summed E-state index contributed by atoms with van der Waals surface area (Å²) in [6, 6.07) is 24.0. The van der Waals surface area contributed by atoms with E-state index in [-0.39, 0.29) is 11.9 Å². The lowest BCUT2D eigenvalue weighted by atomic mass is 9.90. The molecule has 2 saturated heterocycles. The van der Waals surface area contributed by atoms with Gasteiger partial charge in [0.25, 0.3) is 5.91 Å². The molecule has 2 heterocycles. The molecule has 3 amide bonds. The second-order valence-electron chi connectivity index (χ2n) is 8.43. The molecule has 3 aromatic rings. The zero-order chi connectivity index (χ0) is 21.4. The SMILES string of the molecule is C[C@@]1(c2ccc3ccccc3c2)NC(=O)N(CN2CCN(c3ccccc3)CC2)C1=O. The molecule has 3 aromatic carbocycles. The number of carbonyl (C=O) groups is 2. The number of fused-ring (bicyclic) bond motifs is 1. The molecule has 31 heavy (non-hydrogen) atoms. The number of anilines is 1. The van der Waals surface area contributed by atoms with Gasteiger partial charge in [0.05, 0.1) is 6.67 Å². The van der Waals surface area contributed by atoms with E-state index in [1.54, 1.807) is 6.92 Å². The molecule has 6 nitrogen and oxygen atoms in total. The molecule has 0 aliphatic carbocycles. The van der Waals surface area contributed by atoms with Gasteiger partial charge in [0.1, 0.15) is 5.54 Å². The Balaban J connectivity index is 1.29. The number of imide groups is 1. The molecule has 1 N–H and O–H groups in total. The van der Waals surface area contributed by atoms with E-state index in [1.807, 2.05) is 60.7 Å². The van der Waals surface area contributed by atoms with Crippen LogP contribution in [0, 0.1) is 0 Å². The van der Waals surface area contributed by atoms with Crippen LogP contribution < -0.4 is 10.2 Å². The number of rotatable bonds is 4. The minimum absolute atomic E-state index is 0.196. The number of para-hydroxylation sites is 1. The second kappa shape index (κ2) is 7.71. The third-order valence-electron chi connectivity index (χ3n) is 6.44. The van der Waals surface area contributed by atoms with E-state index in [9.17, 15) is 9.59 Å². The predicted octanol–water partition coefficient (Wildman–Crippen LogP) is 3.39. The average molecular weight is 415 g/mol. The molecule has 0 aromatic heterocycles. The molecule has 1 atom stereocenters. The van der Waals surface area contributed by atoms with Crippen LogP contribution in [0.2, 0.25) is 0 Å². The Morgan fingerprint density at radius 2 is 1.52 bits per heavy atom. The maximum atomic E-state index is 13.3. The van der Waals surface area contributed by atoms with Crippen molar-refractivity contribution in [3.63, 3.8) is 0 Å². The van der Waals surface area contributed by atoms with Crippen LogP contribution in [0.4, 0.5) is 10.5 Å². The van der Waals surface area contributed by atoms with Crippen LogP contribution in [-0.2, 0) is 10.3 Å². The minimum atomic E-state index is -1.05. The lowest BCUT2D eigenvalue weighted by molar-refractivity contribution is -0.132. The number of nitrogens with zero attached hydrogens (tertiary/aromatic N) is 3. The standard InChI is InChI=1S/C25H26N4O2/c1-25(21-12-11-19-7-5-6-8-20(19)17-21)23(30)29(24(31)26-25)18-27-13-15-28(16-14-27)22-9-3-2-4-10-22/h2-12,17H,13-16,18H2,1H3,(H,26,31)/t25-/m0/s1. The molecule has 2 aliphatic heterocycles. The predicted molar refractivity (Wildman–Crippen MR) is 122 cm³/mol. The molecule has 2 fully saturated rings. The van der Waals surface area contributed by atoms with Crippen LogP contribution >= 0.6 is 0 Å². The first-order chi connectivity index (χ1) is 15.0. The lowest BCUT2D eigenvalue weighted by Crippen LogP contribution is -2.51. The van der Waals surface area contributed by atoms with Crippen LogP contribution in [0.3, 0.4) is 0 Å². The summed E-state index contributed by atoms with van der Waals surface area (Å²) in [6.45, 7) is 5.46. The summed E-state index contributed by atoms with van der Waals surface area (Å²) in [5, 5.41) is 5.10. The van der Waals surface area contributed by atoms with Crippen LogP contribution in [-0.4, -0.2) is 54.6 Å². The summed E-state index contributed by atoms with van der Waals surface area (Å²) in [4.78, 5) is 32.0. The van der Waals surface area contributed by atoms with E-state index in [0.717, 1.165) is 42.5 Å². The quantitative estimate of drug-likeness (QED) is 0.665. The molecule has 0 radical (unpaired) electrons. The van der Waals surface area contributed by atoms with Gasteiger partial charge in [-0.1, -0.05) is 54.6 Å². The van der Waals surface area contributed by atoms with Crippen molar-refractivity contribution in [2.45, 2.75) is 12.5 Å². The number of hydrogen-bond donors (Lipinski definition) is 1. The van der Waals surface area contributed by atoms with Crippen LogP contribution in [0.15, 0.2) is 72.8 Å². The van der Waals surface area contributed by atoms with E-state index in [0.29, 0.717) is 6.67 Å². The molecule has 158 valence electrons. The number of nitrogens with one attached hydrogen (secondary N) is 1. The molecular weight excluding hydrogens is 388 g/mol. The van der Waals surface area contributed by atoms with Gasteiger partial charge in [-0.15, -0.1) is 0 Å². The van der Waals surface area contributed by atoms with Crippen molar-refractivity contribution in [1.29, 1.82) is 0 Å². The fraction of sp³-hybridized carbons (Fsp3) is 0.280. The van der Waals surface area contributed by atoms with Crippen molar-refractivity contribution in [3.05, 3.63) is 78.4 Å². The first-order valence-electron chi connectivity index (χ1n) is 10.7. The minimum Gasteiger partial charge on any atom is -0.369 e. The van der Waals surface area contributed by atoms with Crippen LogP contribution in [0.25, 0.3) is 10.8 Å². The summed E-state index contributed by atoms with van der Waals surface area (Å²) in [5.41, 5.74) is 0.967. The van der Waals surface area contributed by atoms with Gasteiger partial charge in [-0.2, -0.15) is 0 Å². The summed E-state index contributed by atoms with van der Waals surface area (Å²) < 4.78 is 0. The average Bonchev–Trinajstić information content (AvgIpc) is 3.03. The fourth-order valence-corrected chi connectivity index (χ4v) is 4.51. The van der Waals surface area contributed by atoms with Crippen molar-refractivity contribution >= 4 is 28.4 Å². The number of amides is 3. The third kappa shape index (κ3) is 3.53. The molecule has 0 bridgehead atoms. The summed E-state index contributed by atoms with van der Waals surface area (Å²) in [5.74, 6) is -0.196. The van der Waals surface area contributed by atoms with Gasteiger partial charge < -0.3 is 10.2 Å². The molecule has 5 rings (SSSR count). The Morgan fingerprint density at radius 3 is 2.26 bits per heavy atom. The van der Waals surface area contributed by atoms with Crippen molar-refractivity contribution < 1.29 is 9.59 Å². The molecular formula is C25H26N4O2. The van der Waals surface area contributed by atoms with Crippen molar-refractivity contribution in [3.8, 4) is 0 Å². The highest BCUT2D eigenvalue weighted by molar-refractivity contribution is 6.07. The topological polar surface area (TPSA) is 55.9 Å². The Labute approximate surface area is 182 Å². The smallest absolute Gasteiger partial charge is 0.326 e. The van der Waals surface area contributed by atoms with E-state index in [1.165, 1.54) is 10.6 Å². The zero-order valence-corrected chi connectivity index (χ0v) is 17.6. The number of benzene rings is 3. The van der Waals surface area contributed by atoms with Crippen molar-refractivity contribution in [2.24, 2.45) is 0 Å². The molecule has 0 spiro atoms. The van der Waals surface area contributed by atoms with E-state index in [4.69, 9.17) is 0 Å². The summed E-state index contributed by atoms with van der Waals surface area (Å²) >= 11 is 0. The summed E-state index contributed by atoms with van der Waals surface area (Å²) in [6.07, 6.45) is 0. The fourth-order valence-electron chi connectivity index (χ4n) is 4.51. The van der Waals surface area contributed by atoms with E-state index >= 15 is 0 Å². The van der Waals surface area contributed by atoms with Crippen molar-refractivity contribution in [1.82, 2.24) is 15.1 Å². The Bertz CT molecular complexity index is 1120. The van der Waals surface area contributed by atoms with Gasteiger partial charge in [-0.25, -0.2) is 9.69 Å². The maximum absolute atomic E-state index is 13.3. The van der Waals surface area contributed by atoms with Crippen molar-refractivity contribution in [2.75, 3.05) is 37.7 Å². The third-order valence-corrected chi connectivity index (χ3v) is 6.44. The molecule has 0 saturated carbocycles. The van der Waals surface area contributed by atoms with Crippen LogP contribution in [0.1, 0.15) is 12.5 Å². The molecule has 2 aliphatic rings. The number of piperazine rings is 1.